The lowest BCUT2D eigenvalue weighted by atomic mass is 9.70. The van der Waals surface area contributed by atoms with E-state index in [-0.39, 0.29) is 5.41 Å². The predicted octanol–water partition coefficient (Wildman–Crippen LogP) is 14.4. The Hall–Kier alpha value is -7.68. The van der Waals surface area contributed by atoms with Crippen LogP contribution in [0.5, 0.6) is 0 Å². The Labute approximate surface area is 342 Å². The molecule has 2 heteroatoms. The molecule has 0 fully saturated rings. The fourth-order valence-corrected chi connectivity index (χ4v) is 10.7. The van der Waals surface area contributed by atoms with Crippen molar-refractivity contribution in [3.8, 4) is 55.9 Å². The van der Waals surface area contributed by atoms with Crippen molar-refractivity contribution in [1.82, 2.24) is 9.13 Å². The quantitative estimate of drug-likeness (QED) is 0.170. The molecule has 59 heavy (non-hydrogen) atoms. The van der Waals surface area contributed by atoms with Gasteiger partial charge in [-0.25, -0.2) is 0 Å². The van der Waals surface area contributed by atoms with Crippen LogP contribution < -0.4 is 0 Å². The molecule has 9 aromatic carbocycles. The lowest BCUT2D eigenvalue weighted by molar-refractivity contribution is 0.794. The summed E-state index contributed by atoms with van der Waals surface area (Å²) in [5, 5.41) is 3.71. The van der Waals surface area contributed by atoms with Crippen molar-refractivity contribution >= 4 is 32.7 Å². The van der Waals surface area contributed by atoms with Gasteiger partial charge in [-0.3, -0.25) is 0 Å². The third-order valence-corrected chi connectivity index (χ3v) is 13.2. The van der Waals surface area contributed by atoms with Gasteiger partial charge in [-0.05, 0) is 115 Å². The van der Waals surface area contributed by atoms with Gasteiger partial charge in [0.2, 0.25) is 0 Å². The third-order valence-electron chi connectivity index (χ3n) is 13.2. The average Bonchev–Trinajstić information content (AvgIpc) is 4.05. The first-order valence-corrected chi connectivity index (χ1v) is 20.5. The second kappa shape index (κ2) is 12.2. The van der Waals surface area contributed by atoms with Crippen molar-refractivity contribution in [2.45, 2.75) is 5.41 Å². The summed E-state index contributed by atoms with van der Waals surface area (Å²) in [6.45, 7) is 0. The summed E-state index contributed by atoms with van der Waals surface area (Å²) < 4.78 is 4.78. The molecule has 0 unspecified atom stereocenters. The van der Waals surface area contributed by atoms with E-state index in [4.69, 9.17) is 0 Å². The zero-order valence-electron chi connectivity index (χ0n) is 32.2. The molecule has 0 N–H and O–H groups in total. The lowest BCUT2D eigenvalue weighted by Gasteiger charge is -2.30. The van der Waals surface area contributed by atoms with E-state index in [0.29, 0.717) is 0 Å². The first kappa shape index (κ1) is 32.4. The normalized spacial score (nSPS) is 13.2. The summed E-state index contributed by atoms with van der Waals surface area (Å²) in [6, 6.07) is 78.7. The SMILES string of the molecule is c1ccc(-n2ccc3ccc4c5cc(-c6ccc(-c7ccc8c(c7)C7(c9ccccc9-c9ccccc97)c7ccccc7-8)cc6)ccc5n(-c5ccccc5)c4c32)cc1. The summed E-state index contributed by atoms with van der Waals surface area (Å²) in [4.78, 5) is 0. The van der Waals surface area contributed by atoms with Gasteiger partial charge in [0.1, 0.15) is 0 Å². The van der Waals surface area contributed by atoms with Crippen LogP contribution in [0.3, 0.4) is 0 Å². The van der Waals surface area contributed by atoms with Crippen LogP contribution in [0.15, 0.2) is 219 Å². The van der Waals surface area contributed by atoms with Crippen LogP contribution in [0.2, 0.25) is 0 Å². The Morgan fingerprint density at radius 2 is 0.831 bits per heavy atom. The van der Waals surface area contributed by atoms with Gasteiger partial charge < -0.3 is 9.13 Å². The second-order valence-corrected chi connectivity index (χ2v) is 16.0. The van der Waals surface area contributed by atoms with E-state index in [9.17, 15) is 0 Å². The molecular formula is C57H36N2. The standard InChI is InChI=1S/C57H36N2/c1-3-13-42(14-4-1)58-34-33-39-27-31-48-49-35-40(29-32-54(49)59(56(48)55(39)58)43-15-5-2-6-16-43)37-23-25-38(26-24-37)41-28-30-47-46-19-9-12-22-52(46)57(53(47)36-41)50-20-10-7-17-44(50)45-18-8-11-21-51(45)57/h1-36H. The highest BCUT2D eigenvalue weighted by atomic mass is 15.0. The van der Waals surface area contributed by atoms with E-state index in [1.807, 2.05) is 0 Å². The van der Waals surface area contributed by atoms with Gasteiger partial charge in [-0.1, -0.05) is 164 Å². The van der Waals surface area contributed by atoms with Gasteiger partial charge in [0.15, 0.2) is 0 Å². The first-order chi connectivity index (χ1) is 29.3. The summed E-state index contributed by atoms with van der Waals surface area (Å²) in [6.07, 6.45) is 2.20. The Kier molecular flexibility index (Phi) is 6.68. The maximum Gasteiger partial charge on any atom is 0.0788 e. The Bertz CT molecular complexity index is 3410. The Balaban J connectivity index is 0.949. The highest BCUT2D eigenvalue weighted by Gasteiger charge is 2.51. The van der Waals surface area contributed by atoms with E-state index < -0.39 is 0 Å². The summed E-state index contributed by atoms with van der Waals surface area (Å²) in [7, 11) is 0. The minimum Gasteiger partial charge on any atom is -0.315 e. The highest BCUT2D eigenvalue weighted by Crippen LogP contribution is 2.63. The number of hydrogen-bond donors (Lipinski definition) is 0. The summed E-state index contributed by atoms with van der Waals surface area (Å²) in [5.74, 6) is 0. The Morgan fingerprint density at radius 1 is 0.322 bits per heavy atom. The molecule has 2 aromatic heterocycles. The molecule has 0 aliphatic heterocycles. The molecular weight excluding hydrogens is 713 g/mol. The van der Waals surface area contributed by atoms with E-state index in [1.54, 1.807) is 0 Å². The zero-order chi connectivity index (χ0) is 38.7. The molecule has 0 amide bonds. The molecule has 13 rings (SSSR count). The molecule has 1 spiro atoms. The zero-order valence-corrected chi connectivity index (χ0v) is 32.2. The van der Waals surface area contributed by atoms with Gasteiger partial charge in [0.05, 0.1) is 22.0 Å². The number of nitrogens with zero attached hydrogens (tertiary/aromatic N) is 2. The number of rotatable bonds is 4. The fraction of sp³-hybridized carbons (Fsp3) is 0.0175. The van der Waals surface area contributed by atoms with Crippen molar-refractivity contribution in [1.29, 1.82) is 0 Å². The van der Waals surface area contributed by atoms with Gasteiger partial charge in [-0.2, -0.15) is 0 Å². The van der Waals surface area contributed by atoms with Crippen molar-refractivity contribution in [3.05, 3.63) is 241 Å². The number of para-hydroxylation sites is 2. The molecule has 0 radical (unpaired) electrons. The summed E-state index contributed by atoms with van der Waals surface area (Å²) in [5.41, 5.74) is 21.2. The van der Waals surface area contributed by atoms with Crippen molar-refractivity contribution in [3.63, 3.8) is 0 Å². The largest absolute Gasteiger partial charge is 0.315 e. The smallest absolute Gasteiger partial charge is 0.0788 e. The number of hydrogen-bond acceptors (Lipinski definition) is 0. The van der Waals surface area contributed by atoms with E-state index in [2.05, 4.69) is 228 Å². The van der Waals surface area contributed by atoms with Gasteiger partial charge >= 0.3 is 0 Å². The van der Waals surface area contributed by atoms with E-state index in [0.717, 1.165) is 11.4 Å². The second-order valence-electron chi connectivity index (χ2n) is 16.0. The minimum atomic E-state index is -0.349. The van der Waals surface area contributed by atoms with Crippen LogP contribution in [0.4, 0.5) is 0 Å². The van der Waals surface area contributed by atoms with E-state index in [1.165, 1.54) is 99.5 Å². The number of aromatic nitrogens is 2. The third kappa shape index (κ3) is 4.40. The molecule has 2 aliphatic carbocycles. The molecule has 0 atom stereocenters. The van der Waals surface area contributed by atoms with Crippen molar-refractivity contribution < 1.29 is 0 Å². The number of fused-ring (bicyclic) bond motifs is 15. The molecule has 11 aromatic rings. The van der Waals surface area contributed by atoms with Crippen LogP contribution in [-0.2, 0) is 5.41 Å². The van der Waals surface area contributed by atoms with Crippen LogP contribution in [-0.4, -0.2) is 9.13 Å². The van der Waals surface area contributed by atoms with Gasteiger partial charge in [-0.15, -0.1) is 0 Å². The van der Waals surface area contributed by atoms with Crippen molar-refractivity contribution in [2.24, 2.45) is 0 Å². The van der Waals surface area contributed by atoms with Gasteiger partial charge in [0.25, 0.3) is 0 Å². The van der Waals surface area contributed by atoms with Crippen LogP contribution in [0.1, 0.15) is 22.3 Å². The molecule has 0 saturated carbocycles. The van der Waals surface area contributed by atoms with Crippen molar-refractivity contribution in [2.75, 3.05) is 0 Å². The maximum atomic E-state index is 2.47. The highest BCUT2D eigenvalue weighted by molar-refractivity contribution is 6.18. The van der Waals surface area contributed by atoms with Gasteiger partial charge in [0, 0.05) is 33.7 Å². The average molecular weight is 749 g/mol. The molecule has 2 aliphatic rings. The molecule has 274 valence electrons. The lowest BCUT2D eigenvalue weighted by Crippen LogP contribution is -2.25. The molecule has 2 nitrogen and oxygen atoms in total. The first-order valence-electron chi connectivity index (χ1n) is 20.5. The van der Waals surface area contributed by atoms with E-state index >= 15 is 0 Å². The fourth-order valence-electron chi connectivity index (χ4n) is 10.7. The predicted molar refractivity (Wildman–Crippen MR) is 245 cm³/mol. The number of benzene rings is 9. The minimum absolute atomic E-state index is 0.349. The molecule has 0 bridgehead atoms. The van der Waals surface area contributed by atoms with Crippen LogP contribution >= 0.6 is 0 Å². The Morgan fingerprint density at radius 3 is 1.46 bits per heavy atom. The topological polar surface area (TPSA) is 9.86 Å². The maximum absolute atomic E-state index is 2.47. The summed E-state index contributed by atoms with van der Waals surface area (Å²) >= 11 is 0. The van der Waals surface area contributed by atoms with Crippen LogP contribution in [0, 0.1) is 0 Å². The monoisotopic (exact) mass is 748 g/mol. The molecule has 0 saturated heterocycles. The molecule has 2 heterocycles. The van der Waals surface area contributed by atoms with Crippen LogP contribution in [0.25, 0.3) is 88.6 Å².